The van der Waals surface area contributed by atoms with Crippen LogP contribution in [0.4, 0.5) is 5.69 Å². The number of halogens is 1. The fourth-order valence-corrected chi connectivity index (χ4v) is 5.41. The number of sulfonamides is 1. The Morgan fingerprint density at radius 3 is 2.57 bits per heavy atom. The number of nitrogens with zero attached hydrogens (tertiary/aromatic N) is 1. The third kappa shape index (κ3) is 3.66. The summed E-state index contributed by atoms with van der Waals surface area (Å²) in [4.78, 5) is 1.25. The summed E-state index contributed by atoms with van der Waals surface area (Å²) < 4.78 is 27.8. The fraction of sp³-hybridized carbons (Fsp3) is 0.286. The second-order valence-corrected chi connectivity index (χ2v) is 8.66. The molecule has 0 bridgehead atoms. The van der Waals surface area contributed by atoms with Gasteiger partial charge in [-0.3, -0.25) is 0 Å². The van der Waals surface area contributed by atoms with Crippen LogP contribution >= 0.6 is 27.3 Å². The van der Waals surface area contributed by atoms with Gasteiger partial charge in [0.1, 0.15) is 0 Å². The molecule has 1 aromatic heterocycles. The van der Waals surface area contributed by atoms with E-state index in [2.05, 4.69) is 15.9 Å². The highest BCUT2D eigenvalue weighted by molar-refractivity contribution is 9.10. The van der Waals surface area contributed by atoms with E-state index in [9.17, 15) is 8.42 Å². The number of anilines is 1. The zero-order chi connectivity index (χ0) is 15.6. The molecule has 0 spiro atoms. The molecular formula is C14H17BrN2O2S2. The summed E-state index contributed by atoms with van der Waals surface area (Å²) in [7, 11) is -3.59. The van der Waals surface area contributed by atoms with Crippen molar-refractivity contribution < 1.29 is 8.42 Å². The normalized spacial score (nSPS) is 12.2. The Balaban J connectivity index is 2.42. The average molecular weight is 389 g/mol. The standard InChI is InChI=1S/C14H17BrN2O2S2/c1-10(2)17(9-12-4-3-7-20-12)21(18,19)14-6-5-11(16)8-13(14)15/h3-8,10H,9,16H2,1-2H3. The number of benzene rings is 1. The first-order valence-electron chi connectivity index (χ1n) is 6.41. The van der Waals surface area contributed by atoms with E-state index < -0.39 is 10.0 Å². The molecule has 2 aromatic rings. The molecule has 114 valence electrons. The molecule has 0 saturated carbocycles. The van der Waals surface area contributed by atoms with Crippen molar-refractivity contribution in [2.75, 3.05) is 5.73 Å². The van der Waals surface area contributed by atoms with Gasteiger partial charge in [-0.05, 0) is 59.4 Å². The minimum atomic E-state index is -3.59. The number of hydrogen-bond donors (Lipinski definition) is 1. The average Bonchev–Trinajstić information content (AvgIpc) is 2.87. The molecule has 0 atom stereocenters. The van der Waals surface area contributed by atoms with Gasteiger partial charge in [0.25, 0.3) is 0 Å². The molecule has 0 saturated heterocycles. The highest BCUT2D eigenvalue weighted by Crippen LogP contribution is 2.29. The van der Waals surface area contributed by atoms with Gasteiger partial charge < -0.3 is 5.73 Å². The highest BCUT2D eigenvalue weighted by Gasteiger charge is 2.29. The van der Waals surface area contributed by atoms with Crippen LogP contribution in [0.1, 0.15) is 18.7 Å². The van der Waals surface area contributed by atoms with E-state index in [-0.39, 0.29) is 10.9 Å². The van der Waals surface area contributed by atoms with Gasteiger partial charge in [0.15, 0.2) is 0 Å². The molecule has 0 unspecified atom stereocenters. The van der Waals surface area contributed by atoms with Crippen molar-refractivity contribution in [3.63, 3.8) is 0 Å². The summed E-state index contributed by atoms with van der Waals surface area (Å²) in [5.74, 6) is 0. The van der Waals surface area contributed by atoms with Crippen LogP contribution in [0.25, 0.3) is 0 Å². The van der Waals surface area contributed by atoms with Crippen LogP contribution in [0.2, 0.25) is 0 Å². The molecular weight excluding hydrogens is 372 g/mol. The predicted molar refractivity (Wildman–Crippen MR) is 90.7 cm³/mol. The van der Waals surface area contributed by atoms with Crippen molar-refractivity contribution in [2.45, 2.75) is 31.3 Å². The van der Waals surface area contributed by atoms with Crippen molar-refractivity contribution in [2.24, 2.45) is 0 Å². The quantitative estimate of drug-likeness (QED) is 0.794. The minimum Gasteiger partial charge on any atom is -0.399 e. The van der Waals surface area contributed by atoms with Crippen LogP contribution in [-0.4, -0.2) is 18.8 Å². The van der Waals surface area contributed by atoms with Gasteiger partial charge in [-0.2, -0.15) is 4.31 Å². The Morgan fingerprint density at radius 2 is 2.05 bits per heavy atom. The minimum absolute atomic E-state index is 0.137. The molecule has 0 aliphatic carbocycles. The summed E-state index contributed by atoms with van der Waals surface area (Å²) in [5.41, 5.74) is 6.20. The maximum atomic E-state index is 12.9. The van der Waals surface area contributed by atoms with Gasteiger partial charge in [0.05, 0.1) is 4.90 Å². The number of nitrogens with two attached hydrogens (primary N) is 1. The van der Waals surface area contributed by atoms with E-state index in [1.54, 1.807) is 29.5 Å². The van der Waals surface area contributed by atoms with E-state index in [1.807, 2.05) is 31.4 Å². The van der Waals surface area contributed by atoms with Gasteiger partial charge in [-0.15, -0.1) is 11.3 Å². The van der Waals surface area contributed by atoms with Gasteiger partial charge in [-0.1, -0.05) is 6.07 Å². The molecule has 4 nitrogen and oxygen atoms in total. The molecule has 0 aliphatic heterocycles. The van der Waals surface area contributed by atoms with Gasteiger partial charge in [0.2, 0.25) is 10.0 Å². The molecule has 7 heteroatoms. The topological polar surface area (TPSA) is 63.4 Å². The van der Waals surface area contributed by atoms with E-state index >= 15 is 0 Å². The Hall–Kier alpha value is -0.890. The van der Waals surface area contributed by atoms with Crippen LogP contribution in [0.3, 0.4) is 0 Å². The summed E-state index contributed by atoms with van der Waals surface area (Å²) >= 11 is 4.84. The first-order valence-corrected chi connectivity index (χ1v) is 9.53. The SMILES string of the molecule is CC(C)N(Cc1cccs1)S(=O)(=O)c1ccc(N)cc1Br. The van der Waals surface area contributed by atoms with Gasteiger partial charge in [0, 0.05) is 27.6 Å². The fourth-order valence-electron chi connectivity index (χ4n) is 1.95. The zero-order valence-electron chi connectivity index (χ0n) is 11.8. The van der Waals surface area contributed by atoms with Crippen molar-refractivity contribution in [3.05, 3.63) is 45.1 Å². The maximum absolute atomic E-state index is 12.9. The third-order valence-electron chi connectivity index (χ3n) is 3.01. The Morgan fingerprint density at radius 1 is 1.33 bits per heavy atom. The number of thiophene rings is 1. The van der Waals surface area contributed by atoms with Crippen molar-refractivity contribution in [1.29, 1.82) is 0 Å². The molecule has 0 radical (unpaired) electrons. The number of hydrogen-bond acceptors (Lipinski definition) is 4. The number of nitrogen functional groups attached to an aromatic ring is 1. The summed E-state index contributed by atoms with van der Waals surface area (Å²) in [6.07, 6.45) is 0. The van der Waals surface area contributed by atoms with Crippen molar-refractivity contribution in [1.82, 2.24) is 4.31 Å². The third-order valence-corrected chi connectivity index (χ3v) is 6.87. The molecule has 0 amide bonds. The van der Waals surface area contributed by atoms with Gasteiger partial charge >= 0.3 is 0 Å². The van der Waals surface area contributed by atoms with E-state index in [1.165, 1.54) is 4.31 Å². The highest BCUT2D eigenvalue weighted by atomic mass is 79.9. The van der Waals surface area contributed by atoms with Gasteiger partial charge in [-0.25, -0.2) is 8.42 Å². The number of rotatable bonds is 5. The first kappa shape index (κ1) is 16.5. The largest absolute Gasteiger partial charge is 0.399 e. The molecule has 21 heavy (non-hydrogen) atoms. The molecule has 0 aliphatic rings. The zero-order valence-corrected chi connectivity index (χ0v) is 15.0. The lowest BCUT2D eigenvalue weighted by Crippen LogP contribution is -2.36. The lowest BCUT2D eigenvalue weighted by Gasteiger charge is -2.26. The Bertz CT molecular complexity index is 713. The van der Waals surface area contributed by atoms with E-state index in [0.29, 0.717) is 16.7 Å². The second kappa shape index (κ2) is 6.48. The van der Waals surface area contributed by atoms with Crippen LogP contribution in [0, 0.1) is 0 Å². The summed E-state index contributed by atoms with van der Waals surface area (Å²) in [6, 6.07) is 8.47. The van der Waals surface area contributed by atoms with Crippen LogP contribution in [-0.2, 0) is 16.6 Å². The van der Waals surface area contributed by atoms with E-state index in [0.717, 1.165) is 4.88 Å². The molecule has 2 N–H and O–H groups in total. The Kier molecular flexibility index (Phi) is 5.08. The first-order chi connectivity index (χ1) is 9.82. The maximum Gasteiger partial charge on any atom is 0.244 e. The molecule has 1 heterocycles. The second-order valence-electron chi connectivity index (χ2n) is 4.91. The summed E-state index contributed by atoms with van der Waals surface area (Å²) in [6.45, 7) is 4.11. The van der Waals surface area contributed by atoms with Crippen molar-refractivity contribution in [3.8, 4) is 0 Å². The van der Waals surface area contributed by atoms with E-state index in [4.69, 9.17) is 5.73 Å². The monoisotopic (exact) mass is 388 g/mol. The lowest BCUT2D eigenvalue weighted by molar-refractivity contribution is 0.350. The van der Waals surface area contributed by atoms with Crippen LogP contribution < -0.4 is 5.73 Å². The van der Waals surface area contributed by atoms with Crippen LogP contribution in [0.15, 0.2) is 45.1 Å². The Labute approximate surface area is 137 Å². The lowest BCUT2D eigenvalue weighted by atomic mass is 10.3. The summed E-state index contributed by atoms with van der Waals surface area (Å²) in [5, 5.41) is 1.94. The molecule has 0 fully saturated rings. The molecule has 1 aromatic carbocycles. The van der Waals surface area contributed by atoms with Crippen LogP contribution in [0.5, 0.6) is 0 Å². The van der Waals surface area contributed by atoms with Crippen molar-refractivity contribution >= 4 is 43.0 Å². The molecule has 2 rings (SSSR count). The predicted octanol–water partition coefficient (Wildman–Crippen LogP) is 3.69. The smallest absolute Gasteiger partial charge is 0.244 e.